The number of anilines is 4. The van der Waals surface area contributed by atoms with Crippen molar-refractivity contribution in [3.05, 3.63) is 64.3 Å². The molecule has 0 bridgehead atoms. The molecule has 3 aliphatic heterocycles. The van der Waals surface area contributed by atoms with E-state index < -0.39 is 11.6 Å². The zero-order chi connectivity index (χ0) is 24.6. The molecule has 7 rings (SSSR count). The van der Waals surface area contributed by atoms with Gasteiger partial charge in [-0.05, 0) is 17.7 Å². The van der Waals surface area contributed by atoms with Crippen LogP contribution in [-0.2, 0) is 18.3 Å². The van der Waals surface area contributed by atoms with Crippen molar-refractivity contribution in [2.75, 3.05) is 48.0 Å². The predicted molar refractivity (Wildman–Crippen MR) is 134 cm³/mol. The zero-order valence-electron chi connectivity index (χ0n) is 19.6. The topological polar surface area (TPSA) is 78.4 Å². The number of aryl methyl sites for hydroxylation is 1. The van der Waals surface area contributed by atoms with Crippen LogP contribution < -0.4 is 20.7 Å². The van der Waals surface area contributed by atoms with Gasteiger partial charge in [-0.2, -0.15) is 0 Å². The van der Waals surface area contributed by atoms with Crippen molar-refractivity contribution in [1.29, 1.82) is 0 Å². The van der Waals surface area contributed by atoms with E-state index in [4.69, 9.17) is 4.74 Å². The van der Waals surface area contributed by atoms with E-state index in [1.54, 1.807) is 22.7 Å². The molecular formula is C26H24F2N6O2. The monoisotopic (exact) mass is 490 g/mol. The highest BCUT2D eigenvalue weighted by atomic mass is 19.1. The molecule has 0 radical (unpaired) electrons. The number of aromatic nitrogens is 3. The molecular weight excluding hydrogens is 466 g/mol. The van der Waals surface area contributed by atoms with Crippen molar-refractivity contribution in [2.45, 2.75) is 6.54 Å². The summed E-state index contributed by atoms with van der Waals surface area (Å²) in [4.78, 5) is 24.3. The molecule has 0 amide bonds. The Kier molecular flexibility index (Phi) is 4.62. The molecule has 1 fully saturated rings. The molecule has 10 heteroatoms. The summed E-state index contributed by atoms with van der Waals surface area (Å²) in [5.74, 6) is -0.953. The number of pyridine rings is 2. The molecule has 2 N–H and O–H groups in total. The van der Waals surface area contributed by atoms with Crippen molar-refractivity contribution >= 4 is 33.8 Å². The smallest absolute Gasteiger partial charge is 0.274 e. The van der Waals surface area contributed by atoms with Crippen LogP contribution in [0.1, 0.15) is 5.56 Å². The van der Waals surface area contributed by atoms with E-state index in [-0.39, 0.29) is 17.9 Å². The minimum absolute atomic E-state index is 0.0331. The summed E-state index contributed by atoms with van der Waals surface area (Å²) in [6.45, 7) is 4.34. The normalized spacial score (nSPS) is 16.9. The minimum Gasteiger partial charge on any atom is -0.382 e. The van der Waals surface area contributed by atoms with Gasteiger partial charge in [0, 0.05) is 67.6 Å². The molecule has 0 spiro atoms. The average molecular weight is 491 g/mol. The van der Waals surface area contributed by atoms with E-state index in [0.29, 0.717) is 11.4 Å². The largest absolute Gasteiger partial charge is 0.382 e. The van der Waals surface area contributed by atoms with E-state index in [1.807, 2.05) is 12.3 Å². The summed E-state index contributed by atoms with van der Waals surface area (Å²) in [5.41, 5.74) is 5.69. The molecule has 3 aliphatic rings. The van der Waals surface area contributed by atoms with Gasteiger partial charge in [0.25, 0.3) is 5.56 Å². The zero-order valence-corrected chi connectivity index (χ0v) is 19.6. The number of ether oxygens (including phenoxy) is 1. The summed E-state index contributed by atoms with van der Waals surface area (Å²) < 4.78 is 35.8. The molecule has 6 heterocycles. The third-order valence-electron chi connectivity index (χ3n) is 7.38. The molecule has 0 saturated carbocycles. The van der Waals surface area contributed by atoms with Gasteiger partial charge in [0.05, 0.1) is 43.0 Å². The Labute approximate surface area is 205 Å². The molecule has 36 heavy (non-hydrogen) atoms. The van der Waals surface area contributed by atoms with Crippen molar-refractivity contribution in [3.8, 4) is 11.1 Å². The van der Waals surface area contributed by atoms with Crippen molar-refractivity contribution in [1.82, 2.24) is 14.5 Å². The number of nitrogens with zero attached hydrogens (tertiary/aromatic N) is 4. The van der Waals surface area contributed by atoms with E-state index >= 15 is 4.39 Å². The van der Waals surface area contributed by atoms with Crippen LogP contribution in [0.4, 0.5) is 31.7 Å². The lowest BCUT2D eigenvalue weighted by molar-refractivity contribution is -0.0276. The summed E-state index contributed by atoms with van der Waals surface area (Å²) in [6, 6.07) is 4.98. The molecule has 184 valence electrons. The van der Waals surface area contributed by atoms with Crippen LogP contribution >= 0.6 is 0 Å². The number of benzene rings is 1. The van der Waals surface area contributed by atoms with Gasteiger partial charge in [-0.1, -0.05) is 0 Å². The first-order chi connectivity index (χ1) is 17.5. The second kappa shape index (κ2) is 7.79. The molecule has 3 aromatic heterocycles. The summed E-state index contributed by atoms with van der Waals surface area (Å²) in [5, 5.41) is 4.31. The summed E-state index contributed by atoms with van der Waals surface area (Å²) in [7, 11) is 1.73. The highest BCUT2D eigenvalue weighted by molar-refractivity contribution is 6.04. The number of rotatable bonds is 3. The average Bonchev–Trinajstić information content (AvgIpc) is 3.20. The van der Waals surface area contributed by atoms with Gasteiger partial charge < -0.3 is 29.4 Å². The Morgan fingerprint density at radius 1 is 1.17 bits per heavy atom. The van der Waals surface area contributed by atoms with E-state index in [2.05, 4.69) is 26.3 Å². The number of nitrogens with one attached hydrogen (secondary N) is 2. The Balaban J connectivity index is 1.49. The number of hydrogen-bond acceptors (Lipinski definition) is 6. The molecule has 8 nitrogen and oxygen atoms in total. The molecule has 0 unspecified atom stereocenters. The first-order valence-electron chi connectivity index (χ1n) is 12.0. The lowest BCUT2D eigenvalue weighted by atomic mass is 9.98. The number of H-pyrrole nitrogens is 1. The second-order valence-electron chi connectivity index (χ2n) is 9.73. The van der Waals surface area contributed by atoms with Crippen LogP contribution in [0.5, 0.6) is 0 Å². The predicted octanol–water partition coefficient (Wildman–Crippen LogP) is 3.74. The van der Waals surface area contributed by atoms with E-state index in [0.717, 1.165) is 84.2 Å². The van der Waals surface area contributed by atoms with Crippen LogP contribution in [-0.4, -0.2) is 47.4 Å². The minimum atomic E-state index is -0.744. The molecule has 0 aliphatic carbocycles. The van der Waals surface area contributed by atoms with E-state index in [1.165, 1.54) is 0 Å². The Hall–Kier alpha value is -3.92. The highest BCUT2D eigenvalue weighted by Crippen LogP contribution is 2.48. The van der Waals surface area contributed by atoms with Crippen LogP contribution in [0.3, 0.4) is 0 Å². The summed E-state index contributed by atoms with van der Waals surface area (Å²) in [6.07, 6.45) is 4.65. The lowest BCUT2D eigenvalue weighted by Crippen LogP contribution is -2.43. The van der Waals surface area contributed by atoms with Crippen molar-refractivity contribution in [3.63, 3.8) is 0 Å². The van der Waals surface area contributed by atoms with E-state index in [9.17, 15) is 9.18 Å². The summed E-state index contributed by atoms with van der Waals surface area (Å²) >= 11 is 0. The van der Waals surface area contributed by atoms with Gasteiger partial charge in [-0.3, -0.25) is 4.79 Å². The maximum absolute atomic E-state index is 15.1. The lowest BCUT2D eigenvalue weighted by Gasteiger charge is -2.38. The highest BCUT2D eigenvalue weighted by Gasteiger charge is 2.31. The van der Waals surface area contributed by atoms with Gasteiger partial charge >= 0.3 is 0 Å². The van der Waals surface area contributed by atoms with Gasteiger partial charge in [-0.25, -0.2) is 13.8 Å². The number of aromatic amines is 1. The van der Waals surface area contributed by atoms with Crippen LogP contribution in [0.25, 0.3) is 22.0 Å². The molecule has 4 aromatic rings. The van der Waals surface area contributed by atoms with Gasteiger partial charge in [0.15, 0.2) is 11.6 Å². The van der Waals surface area contributed by atoms with Crippen molar-refractivity contribution < 1.29 is 13.5 Å². The van der Waals surface area contributed by atoms with Crippen molar-refractivity contribution in [2.24, 2.45) is 13.0 Å². The maximum atomic E-state index is 15.1. The third-order valence-corrected chi connectivity index (χ3v) is 7.38. The van der Waals surface area contributed by atoms with Crippen LogP contribution in [0.2, 0.25) is 0 Å². The standard InChI is InChI=1S/C26H24F2N6O2/c1-32-11-18-17-5-22-20(29-2-3-33(22)9-14-12-36-13-14)6-21(17)34(25-19(28)4-16(27)8-31-25)10-15-7-30-24(23(15)18)26(32)35/h4-8,11,14,29-30H,2-3,9-10,12-13H2,1H3. The van der Waals surface area contributed by atoms with Crippen LogP contribution in [0, 0.1) is 17.6 Å². The Bertz CT molecular complexity index is 1590. The maximum Gasteiger partial charge on any atom is 0.274 e. The molecule has 0 atom stereocenters. The van der Waals surface area contributed by atoms with Crippen LogP contribution in [0.15, 0.2) is 41.6 Å². The number of fused-ring (bicyclic) bond motifs is 3. The Morgan fingerprint density at radius 3 is 2.81 bits per heavy atom. The molecule has 1 aromatic carbocycles. The second-order valence-corrected chi connectivity index (χ2v) is 9.73. The fourth-order valence-corrected chi connectivity index (χ4v) is 5.57. The fraction of sp³-hybridized carbons (Fsp3) is 0.308. The van der Waals surface area contributed by atoms with Gasteiger partial charge in [-0.15, -0.1) is 0 Å². The third kappa shape index (κ3) is 3.13. The number of halogens is 2. The van der Waals surface area contributed by atoms with Gasteiger partial charge in [0.2, 0.25) is 0 Å². The first-order valence-corrected chi connectivity index (χ1v) is 12.0. The number of hydrogen-bond donors (Lipinski definition) is 2. The SMILES string of the molecule is Cn1cc2c3c(c[nH]c3c1=O)CN(c1ncc(F)cc1F)c1cc3c(cc1-2)N(CC1COC1)CCN3. The van der Waals surface area contributed by atoms with Gasteiger partial charge in [0.1, 0.15) is 11.3 Å². The first kappa shape index (κ1) is 21.4. The molecule has 1 saturated heterocycles. The quantitative estimate of drug-likeness (QED) is 0.456. The fourth-order valence-electron chi connectivity index (χ4n) is 5.57. The Morgan fingerprint density at radius 2 is 2.03 bits per heavy atom.